The molecule has 0 saturated carbocycles. The first-order valence-electron chi connectivity index (χ1n) is 5.20. The van der Waals surface area contributed by atoms with Gasteiger partial charge < -0.3 is 15.6 Å². The van der Waals surface area contributed by atoms with Crippen molar-refractivity contribution in [2.75, 3.05) is 7.05 Å². The first kappa shape index (κ1) is 11.8. The molecule has 0 aliphatic carbocycles. The van der Waals surface area contributed by atoms with E-state index in [1.165, 1.54) is 11.3 Å². The van der Waals surface area contributed by atoms with Crippen LogP contribution in [0.15, 0.2) is 29.9 Å². The van der Waals surface area contributed by atoms with Gasteiger partial charge in [0.1, 0.15) is 11.9 Å². The SMILES string of the molecule is CN(Cc1ncc[nH]1)C(=O)C(N)c1cccs1. The Morgan fingerprint density at radius 2 is 2.53 bits per heavy atom. The van der Waals surface area contributed by atoms with Crippen LogP contribution in [-0.4, -0.2) is 27.8 Å². The zero-order valence-corrected chi connectivity index (χ0v) is 10.3. The number of rotatable bonds is 4. The van der Waals surface area contributed by atoms with Crippen LogP contribution in [0.4, 0.5) is 0 Å². The van der Waals surface area contributed by atoms with E-state index in [9.17, 15) is 4.79 Å². The molecular formula is C11H14N4OS. The molecule has 5 nitrogen and oxygen atoms in total. The average Bonchev–Trinajstić information content (AvgIpc) is 2.99. The van der Waals surface area contributed by atoms with E-state index in [1.807, 2.05) is 17.5 Å². The molecule has 0 aliphatic rings. The maximum Gasteiger partial charge on any atom is 0.245 e. The number of likely N-dealkylation sites (N-methyl/N-ethyl adjacent to an activating group) is 1. The largest absolute Gasteiger partial charge is 0.347 e. The fraction of sp³-hybridized carbons (Fsp3) is 0.273. The lowest BCUT2D eigenvalue weighted by atomic mass is 10.2. The standard InChI is InChI=1S/C11H14N4OS/c1-15(7-9-13-4-5-14-9)11(16)10(12)8-3-2-6-17-8/h2-6,10H,7,12H2,1H3,(H,13,14). The van der Waals surface area contributed by atoms with Gasteiger partial charge in [0.25, 0.3) is 0 Å². The molecule has 90 valence electrons. The summed E-state index contributed by atoms with van der Waals surface area (Å²) in [6, 6.07) is 3.17. The zero-order chi connectivity index (χ0) is 12.3. The van der Waals surface area contributed by atoms with E-state index >= 15 is 0 Å². The number of hydrogen-bond donors (Lipinski definition) is 2. The van der Waals surface area contributed by atoms with Gasteiger partial charge in [-0.25, -0.2) is 4.98 Å². The van der Waals surface area contributed by atoms with Crippen LogP contribution in [0.5, 0.6) is 0 Å². The van der Waals surface area contributed by atoms with Gasteiger partial charge >= 0.3 is 0 Å². The fourth-order valence-electron chi connectivity index (χ4n) is 1.51. The summed E-state index contributed by atoms with van der Waals surface area (Å²) < 4.78 is 0. The maximum atomic E-state index is 12.0. The van der Waals surface area contributed by atoms with Crippen LogP contribution >= 0.6 is 11.3 Å². The molecule has 2 aromatic rings. The van der Waals surface area contributed by atoms with Gasteiger partial charge in [-0.1, -0.05) is 6.07 Å². The van der Waals surface area contributed by atoms with Crippen molar-refractivity contribution < 1.29 is 4.79 Å². The minimum atomic E-state index is -0.588. The fourth-order valence-corrected chi connectivity index (χ4v) is 2.23. The third-order valence-electron chi connectivity index (χ3n) is 2.43. The lowest BCUT2D eigenvalue weighted by Gasteiger charge is -2.19. The van der Waals surface area contributed by atoms with Gasteiger partial charge in [-0.2, -0.15) is 0 Å². The van der Waals surface area contributed by atoms with Crippen molar-refractivity contribution >= 4 is 17.2 Å². The third-order valence-corrected chi connectivity index (χ3v) is 3.39. The van der Waals surface area contributed by atoms with Gasteiger partial charge in [0.05, 0.1) is 6.54 Å². The highest BCUT2D eigenvalue weighted by molar-refractivity contribution is 7.10. The Morgan fingerprint density at radius 3 is 3.12 bits per heavy atom. The van der Waals surface area contributed by atoms with Gasteiger partial charge in [0, 0.05) is 24.3 Å². The quantitative estimate of drug-likeness (QED) is 0.854. The van der Waals surface area contributed by atoms with Crippen molar-refractivity contribution in [1.82, 2.24) is 14.9 Å². The normalized spacial score (nSPS) is 12.4. The Labute approximate surface area is 103 Å². The summed E-state index contributed by atoms with van der Waals surface area (Å²) >= 11 is 1.49. The van der Waals surface area contributed by atoms with Crippen molar-refractivity contribution in [3.63, 3.8) is 0 Å². The summed E-state index contributed by atoms with van der Waals surface area (Å²) in [5.74, 6) is 0.642. The number of amides is 1. The summed E-state index contributed by atoms with van der Waals surface area (Å²) in [7, 11) is 1.72. The molecule has 0 aromatic carbocycles. The van der Waals surface area contributed by atoms with Crippen LogP contribution in [0.2, 0.25) is 0 Å². The summed E-state index contributed by atoms with van der Waals surface area (Å²) in [5, 5.41) is 1.91. The summed E-state index contributed by atoms with van der Waals surface area (Å²) in [5.41, 5.74) is 5.90. The summed E-state index contributed by atoms with van der Waals surface area (Å²) in [4.78, 5) is 21.5. The molecule has 2 aromatic heterocycles. The molecular weight excluding hydrogens is 236 g/mol. The van der Waals surface area contributed by atoms with Gasteiger partial charge in [-0.3, -0.25) is 4.79 Å². The second-order valence-corrected chi connectivity index (χ2v) is 4.70. The van der Waals surface area contributed by atoms with Crippen LogP contribution in [-0.2, 0) is 11.3 Å². The molecule has 0 saturated heterocycles. The molecule has 3 N–H and O–H groups in total. The summed E-state index contributed by atoms with van der Waals surface area (Å²) in [6.45, 7) is 0.435. The molecule has 6 heteroatoms. The number of hydrogen-bond acceptors (Lipinski definition) is 4. The van der Waals surface area contributed by atoms with Crippen molar-refractivity contribution in [3.8, 4) is 0 Å². The Morgan fingerprint density at radius 1 is 1.71 bits per heavy atom. The lowest BCUT2D eigenvalue weighted by molar-refractivity contribution is -0.132. The number of H-pyrrole nitrogens is 1. The number of nitrogens with one attached hydrogen (secondary N) is 1. The van der Waals surface area contributed by atoms with Crippen LogP contribution in [0.25, 0.3) is 0 Å². The van der Waals surface area contributed by atoms with Gasteiger partial charge in [-0.15, -0.1) is 11.3 Å². The highest BCUT2D eigenvalue weighted by Crippen LogP contribution is 2.18. The van der Waals surface area contributed by atoms with Crippen LogP contribution in [0.1, 0.15) is 16.7 Å². The number of carbonyl (C=O) groups excluding carboxylic acids is 1. The maximum absolute atomic E-state index is 12.0. The van der Waals surface area contributed by atoms with Gasteiger partial charge in [0.2, 0.25) is 5.91 Å². The number of thiophene rings is 1. The van der Waals surface area contributed by atoms with Gasteiger partial charge in [-0.05, 0) is 11.4 Å². The highest BCUT2D eigenvalue weighted by Gasteiger charge is 2.21. The van der Waals surface area contributed by atoms with Crippen molar-refractivity contribution in [2.24, 2.45) is 5.73 Å². The highest BCUT2D eigenvalue weighted by atomic mass is 32.1. The van der Waals surface area contributed by atoms with E-state index in [2.05, 4.69) is 9.97 Å². The monoisotopic (exact) mass is 250 g/mol. The first-order chi connectivity index (χ1) is 8.18. The zero-order valence-electron chi connectivity index (χ0n) is 9.46. The third kappa shape index (κ3) is 2.72. The van der Waals surface area contributed by atoms with E-state index in [1.54, 1.807) is 24.3 Å². The van der Waals surface area contributed by atoms with Crippen molar-refractivity contribution in [1.29, 1.82) is 0 Å². The van der Waals surface area contributed by atoms with E-state index < -0.39 is 6.04 Å². The molecule has 1 atom stereocenters. The van der Waals surface area contributed by atoms with Crippen LogP contribution in [0, 0.1) is 0 Å². The molecule has 17 heavy (non-hydrogen) atoms. The number of carbonyl (C=O) groups is 1. The topological polar surface area (TPSA) is 75.0 Å². The molecule has 0 aliphatic heterocycles. The van der Waals surface area contributed by atoms with E-state index in [0.717, 1.165) is 10.7 Å². The van der Waals surface area contributed by atoms with Crippen LogP contribution in [0.3, 0.4) is 0 Å². The smallest absolute Gasteiger partial charge is 0.245 e. The summed E-state index contributed by atoms with van der Waals surface area (Å²) in [6.07, 6.45) is 3.39. The Kier molecular flexibility index (Phi) is 3.55. The Bertz CT molecular complexity index is 466. The van der Waals surface area contributed by atoms with Crippen molar-refractivity contribution in [2.45, 2.75) is 12.6 Å². The van der Waals surface area contributed by atoms with Crippen molar-refractivity contribution in [3.05, 3.63) is 40.6 Å². The van der Waals surface area contributed by atoms with E-state index in [0.29, 0.717) is 6.54 Å². The van der Waals surface area contributed by atoms with Gasteiger partial charge in [0.15, 0.2) is 0 Å². The minimum Gasteiger partial charge on any atom is -0.347 e. The molecule has 0 fully saturated rings. The number of nitrogens with two attached hydrogens (primary N) is 1. The number of aromatic nitrogens is 2. The van der Waals surface area contributed by atoms with Crippen LogP contribution < -0.4 is 5.73 Å². The molecule has 2 rings (SSSR count). The molecule has 2 heterocycles. The predicted molar refractivity (Wildman–Crippen MR) is 66.3 cm³/mol. The first-order valence-corrected chi connectivity index (χ1v) is 6.08. The molecule has 0 bridgehead atoms. The minimum absolute atomic E-state index is 0.108. The van der Waals surface area contributed by atoms with E-state index in [4.69, 9.17) is 5.73 Å². The molecule has 0 radical (unpaired) electrons. The molecule has 0 spiro atoms. The number of imidazole rings is 1. The average molecular weight is 250 g/mol. The second-order valence-electron chi connectivity index (χ2n) is 3.72. The molecule has 1 amide bonds. The second kappa shape index (κ2) is 5.11. The number of nitrogens with zero attached hydrogens (tertiary/aromatic N) is 2. The lowest BCUT2D eigenvalue weighted by Crippen LogP contribution is -2.35. The predicted octanol–water partition coefficient (Wildman–Crippen LogP) is 1.13. The molecule has 1 unspecified atom stereocenters. The Balaban J connectivity index is 2.00. The Hall–Kier alpha value is -1.66. The van der Waals surface area contributed by atoms with E-state index in [-0.39, 0.29) is 5.91 Å². The number of aromatic amines is 1.